The molecule has 0 bridgehead atoms. The van der Waals surface area contributed by atoms with E-state index >= 15 is 0 Å². The number of fused-ring (bicyclic) bond motifs is 1. The summed E-state index contributed by atoms with van der Waals surface area (Å²) in [6.45, 7) is 1.81. The van der Waals surface area contributed by atoms with Gasteiger partial charge >= 0.3 is 0 Å². The second-order valence-corrected chi connectivity index (χ2v) is 5.01. The van der Waals surface area contributed by atoms with E-state index < -0.39 is 0 Å². The highest BCUT2D eigenvalue weighted by Crippen LogP contribution is 2.11. The van der Waals surface area contributed by atoms with Gasteiger partial charge in [0.2, 0.25) is 0 Å². The number of hydrogen-bond acceptors (Lipinski definition) is 5. The van der Waals surface area contributed by atoms with Gasteiger partial charge in [0.1, 0.15) is 17.8 Å². The summed E-state index contributed by atoms with van der Waals surface area (Å²) in [5.74, 6) is -0.109. The molecule has 7 heteroatoms. The lowest BCUT2D eigenvalue weighted by atomic mass is 10.1. The molecular formula is C16H15N5O2. The number of hydrazone groups is 1. The van der Waals surface area contributed by atoms with Crippen LogP contribution in [0.4, 0.5) is 0 Å². The van der Waals surface area contributed by atoms with Gasteiger partial charge in [-0.3, -0.25) is 4.79 Å². The summed E-state index contributed by atoms with van der Waals surface area (Å²) in [5.41, 5.74) is 5.48. The molecule has 1 heterocycles. The molecule has 2 aromatic carbocycles. The van der Waals surface area contributed by atoms with Crippen molar-refractivity contribution >= 4 is 22.7 Å². The molecule has 0 aliphatic heterocycles. The van der Waals surface area contributed by atoms with E-state index in [1.54, 1.807) is 31.2 Å². The maximum atomic E-state index is 12.0. The fourth-order valence-electron chi connectivity index (χ4n) is 2.12. The fourth-order valence-corrected chi connectivity index (χ4v) is 2.12. The van der Waals surface area contributed by atoms with Gasteiger partial charge < -0.3 is 5.11 Å². The lowest BCUT2D eigenvalue weighted by Gasteiger charge is -2.04. The molecule has 0 radical (unpaired) electrons. The zero-order valence-electron chi connectivity index (χ0n) is 12.5. The summed E-state index contributed by atoms with van der Waals surface area (Å²) in [5, 5.41) is 21.3. The number of nitrogens with one attached hydrogen (secondary N) is 1. The quantitative estimate of drug-likeness (QED) is 0.566. The van der Waals surface area contributed by atoms with Crippen LogP contribution in [-0.2, 0) is 11.3 Å². The molecule has 0 aliphatic rings. The molecule has 0 unspecified atom stereocenters. The van der Waals surface area contributed by atoms with Crippen molar-refractivity contribution in [3.05, 3.63) is 54.1 Å². The molecule has 116 valence electrons. The summed E-state index contributed by atoms with van der Waals surface area (Å²) < 4.78 is 1.52. The molecule has 3 rings (SSSR count). The number of carbonyl (C=O) groups excluding carboxylic acids is 1. The van der Waals surface area contributed by atoms with Crippen molar-refractivity contribution in [3.63, 3.8) is 0 Å². The minimum atomic E-state index is -0.293. The Morgan fingerprint density at radius 3 is 2.74 bits per heavy atom. The minimum absolute atomic E-state index is 0.0346. The van der Waals surface area contributed by atoms with Crippen molar-refractivity contribution in [1.82, 2.24) is 20.4 Å². The van der Waals surface area contributed by atoms with E-state index in [1.165, 1.54) is 4.68 Å². The molecule has 2 N–H and O–H groups in total. The predicted octanol–water partition coefficient (Wildman–Crippen LogP) is 1.68. The van der Waals surface area contributed by atoms with Crippen molar-refractivity contribution in [2.45, 2.75) is 13.5 Å². The Balaban J connectivity index is 1.67. The number of hydrogen-bond donors (Lipinski definition) is 2. The molecule has 3 aromatic rings. The van der Waals surface area contributed by atoms with Gasteiger partial charge in [0, 0.05) is 0 Å². The first kappa shape index (κ1) is 14.7. The molecular weight excluding hydrogens is 294 g/mol. The van der Waals surface area contributed by atoms with Crippen LogP contribution in [-0.4, -0.2) is 31.7 Å². The Morgan fingerprint density at radius 1 is 1.22 bits per heavy atom. The van der Waals surface area contributed by atoms with Gasteiger partial charge in [-0.2, -0.15) is 5.10 Å². The zero-order valence-corrected chi connectivity index (χ0v) is 12.5. The number of amides is 1. The smallest absolute Gasteiger partial charge is 0.261 e. The normalized spacial score (nSPS) is 11.6. The molecule has 0 fully saturated rings. The molecule has 0 saturated heterocycles. The number of para-hydroxylation sites is 1. The average molecular weight is 309 g/mol. The zero-order chi connectivity index (χ0) is 16.2. The van der Waals surface area contributed by atoms with Crippen LogP contribution in [0.1, 0.15) is 12.5 Å². The molecule has 23 heavy (non-hydrogen) atoms. The number of aromatic nitrogens is 3. The Bertz CT molecular complexity index is 868. The van der Waals surface area contributed by atoms with Crippen molar-refractivity contribution in [1.29, 1.82) is 0 Å². The van der Waals surface area contributed by atoms with Gasteiger partial charge in [0.25, 0.3) is 5.91 Å². The number of carbonyl (C=O) groups is 1. The second kappa shape index (κ2) is 6.27. The van der Waals surface area contributed by atoms with Crippen LogP contribution in [0, 0.1) is 0 Å². The Morgan fingerprint density at radius 2 is 1.96 bits per heavy atom. The van der Waals surface area contributed by atoms with Crippen molar-refractivity contribution in [3.8, 4) is 5.75 Å². The van der Waals surface area contributed by atoms with Gasteiger partial charge in [-0.1, -0.05) is 17.3 Å². The van der Waals surface area contributed by atoms with Crippen molar-refractivity contribution < 1.29 is 9.90 Å². The van der Waals surface area contributed by atoms with E-state index in [9.17, 15) is 9.90 Å². The van der Waals surface area contributed by atoms with Crippen LogP contribution in [0.2, 0.25) is 0 Å². The largest absolute Gasteiger partial charge is 0.508 e. The maximum absolute atomic E-state index is 12.0. The number of rotatable bonds is 4. The monoisotopic (exact) mass is 309 g/mol. The van der Waals surface area contributed by atoms with Crippen LogP contribution in [0.15, 0.2) is 53.6 Å². The van der Waals surface area contributed by atoms with Crippen LogP contribution in [0.5, 0.6) is 5.75 Å². The van der Waals surface area contributed by atoms with Crippen LogP contribution < -0.4 is 5.43 Å². The lowest BCUT2D eigenvalue weighted by Crippen LogP contribution is -2.24. The van der Waals surface area contributed by atoms with E-state index in [1.807, 2.05) is 24.3 Å². The number of phenolic OH excluding ortho intramolecular Hbond substituents is 1. The van der Waals surface area contributed by atoms with E-state index in [0.29, 0.717) is 5.71 Å². The molecule has 7 nitrogen and oxygen atoms in total. The third-order valence-electron chi connectivity index (χ3n) is 3.35. The Hall–Kier alpha value is -3.22. The van der Waals surface area contributed by atoms with Gasteiger partial charge in [0.05, 0.1) is 11.2 Å². The van der Waals surface area contributed by atoms with Crippen LogP contribution in [0.25, 0.3) is 11.0 Å². The van der Waals surface area contributed by atoms with Crippen LogP contribution >= 0.6 is 0 Å². The summed E-state index contributed by atoms with van der Waals surface area (Å²) in [4.78, 5) is 12.0. The molecule has 0 spiro atoms. The SMILES string of the molecule is C/C(=N\NC(=O)Cn1nnc2ccccc21)c1ccc(O)cc1. The molecule has 0 atom stereocenters. The standard InChI is InChI=1S/C16H15N5O2/c1-11(12-6-8-13(22)9-7-12)17-19-16(23)10-21-15-5-3-2-4-14(15)18-20-21/h2-9,22H,10H2,1H3,(H,19,23)/b17-11+. The molecule has 1 aromatic heterocycles. The van der Waals surface area contributed by atoms with E-state index in [-0.39, 0.29) is 18.2 Å². The van der Waals surface area contributed by atoms with Gasteiger partial charge in [-0.05, 0) is 48.9 Å². The highest BCUT2D eigenvalue weighted by Gasteiger charge is 2.08. The molecule has 1 amide bonds. The first-order valence-electron chi connectivity index (χ1n) is 7.04. The third-order valence-corrected chi connectivity index (χ3v) is 3.35. The summed E-state index contributed by atoms with van der Waals surface area (Å²) in [6.07, 6.45) is 0. The van der Waals surface area contributed by atoms with Gasteiger partial charge in [0.15, 0.2) is 0 Å². The van der Waals surface area contributed by atoms with E-state index in [4.69, 9.17) is 0 Å². The number of benzene rings is 2. The van der Waals surface area contributed by atoms with Crippen molar-refractivity contribution in [2.24, 2.45) is 5.10 Å². The van der Waals surface area contributed by atoms with Gasteiger partial charge in [-0.15, -0.1) is 5.10 Å². The van der Waals surface area contributed by atoms with E-state index in [2.05, 4.69) is 20.8 Å². The predicted molar refractivity (Wildman–Crippen MR) is 86.0 cm³/mol. The number of aromatic hydroxyl groups is 1. The first-order chi connectivity index (χ1) is 11.1. The summed E-state index contributed by atoms with van der Waals surface area (Å²) >= 11 is 0. The van der Waals surface area contributed by atoms with Crippen LogP contribution in [0.3, 0.4) is 0 Å². The minimum Gasteiger partial charge on any atom is -0.508 e. The first-order valence-corrected chi connectivity index (χ1v) is 7.04. The highest BCUT2D eigenvalue weighted by atomic mass is 16.3. The summed E-state index contributed by atoms with van der Waals surface area (Å²) in [6, 6.07) is 14.0. The average Bonchev–Trinajstić information content (AvgIpc) is 2.96. The highest BCUT2D eigenvalue weighted by molar-refractivity contribution is 5.99. The van der Waals surface area contributed by atoms with E-state index in [0.717, 1.165) is 16.6 Å². The molecule has 0 aliphatic carbocycles. The fraction of sp³-hybridized carbons (Fsp3) is 0.125. The maximum Gasteiger partial charge on any atom is 0.261 e. The Kier molecular flexibility index (Phi) is 4.01. The van der Waals surface area contributed by atoms with Gasteiger partial charge in [-0.25, -0.2) is 10.1 Å². The third kappa shape index (κ3) is 3.34. The Labute approximate surface area is 132 Å². The van der Waals surface area contributed by atoms with Crippen molar-refractivity contribution in [2.75, 3.05) is 0 Å². The number of nitrogens with zero attached hydrogens (tertiary/aromatic N) is 4. The lowest BCUT2D eigenvalue weighted by molar-refractivity contribution is -0.121. The molecule has 0 saturated carbocycles. The second-order valence-electron chi connectivity index (χ2n) is 5.01. The summed E-state index contributed by atoms with van der Waals surface area (Å²) in [7, 11) is 0. The topological polar surface area (TPSA) is 92.4 Å². The number of phenols is 1.